The molecule has 0 aliphatic carbocycles. The third-order valence-electron chi connectivity index (χ3n) is 7.66. The number of morpholine rings is 1. The van der Waals surface area contributed by atoms with Gasteiger partial charge in [-0.05, 0) is 43.0 Å². The second kappa shape index (κ2) is 7.58. The van der Waals surface area contributed by atoms with Crippen LogP contribution in [0.25, 0.3) is 0 Å². The van der Waals surface area contributed by atoms with Crippen molar-refractivity contribution >= 4 is 5.69 Å². The van der Waals surface area contributed by atoms with E-state index >= 15 is 0 Å². The summed E-state index contributed by atoms with van der Waals surface area (Å²) in [6, 6.07) is 10.7. The van der Waals surface area contributed by atoms with Crippen LogP contribution in [0, 0.1) is 5.41 Å². The maximum absolute atomic E-state index is 12.4. The van der Waals surface area contributed by atoms with Crippen LogP contribution in [0.2, 0.25) is 0 Å². The number of pyridine rings is 1. The molecule has 3 saturated heterocycles. The molecule has 1 aromatic heterocycles. The van der Waals surface area contributed by atoms with Gasteiger partial charge in [0.25, 0.3) is 0 Å². The Kier molecular flexibility index (Phi) is 5.11. The lowest BCUT2D eigenvalue weighted by Gasteiger charge is -2.56. The fraction of sp³-hybridized carbons (Fsp3) is 0.577. The number of anilines is 1. The molecule has 5 heteroatoms. The number of likely N-dealkylation sites (tertiary alicyclic amines) is 1. The second-order valence-corrected chi connectivity index (χ2v) is 10.5. The number of nitrogens with zero attached hydrogens (tertiary/aromatic N) is 3. The van der Waals surface area contributed by atoms with Crippen molar-refractivity contribution in [3.63, 3.8) is 0 Å². The molecule has 0 spiro atoms. The Hall–Kier alpha value is -1.95. The van der Waals surface area contributed by atoms with Crippen LogP contribution in [0.4, 0.5) is 5.69 Å². The van der Waals surface area contributed by atoms with Gasteiger partial charge in [-0.25, -0.2) is 0 Å². The molecule has 1 aromatic carbocycles. The van der Waals surface area contributed by atoms with Crippen molar-refractivity contribution in [2.45, 2.75) is 57.3 Å². The van der Waals surface area contributed by atoms with E-state index in [1.807, 2.05) is 12.4 Å². The fourth-order valence-corrected chi connectivity index (χ4v) is 5.97. The van der Waals surface area contributed by atoms with Crippen LogP contribution < -0.4 is 4.90 Å². The molecule has 3 aliphatic rings. The monoisotopic (exact) mass is 421 g/mol. The Labute approximate surface area is 186 Å². The van der Waals surface area contributed by atoms with Crippen LogP contribution in [-0.4, -0.2) is 60.4 Å². The SMILES string of the molecule is CC(C)c1ccc([C@](O)(c2cncc(N3C[C@H]4CC[C@@H](C3)O4)c2)C2(C)CN(C)C2)cc1. The summed E-state index contributed by atoms with van der Waals surface area (Å²) in [5.41, 5.74) is 2.85. The van der Waals surface area contributed by atoms with Crippen LogP contribution in [-0.2, 0) is 10.3 Å². The van der Waals surface area contributed by atoms with E-state index in [2.05, 4.69) is 72.9 Å². The van der Waals surface area contributed by atoms with E-state index in [1.165, 1.54) is 5.56 Å². The van der Waals surface area contributed by atoms with Gasteiger partial charge in [0.15, 0.2) is 0 Å². The summed E-state index contributed by atoms with van der Waals surface area (Å²) < 4.78 is 6.02. The minimum Gasteiger partial charge on any atom is -0.380 e. The standard InChI is InChI=1S/C26H35N3O2/c1-18(2)19-5-7-20(8-6-19)26(30,25(3)16-28(4)17-25)21-11-22(13-27-12-21)29-14-23-9-10-24(15-29)31-23/h5-8,11-13,18,23-24,30H,9-10,14-17H2,1-4H3/t23-,24+,26-/m0/s1. The van der Waals surface area contributed by atoms with Gasteiger partial charge in [0.05, 0.1) is 24.1 Å². The summed E-state index contributed by atoms with van der Waals surface area (Å²) in [7, 11) is 2.11. The number of aliphatic hydroxyl groups is 1. The van der Waals surface area contributed by atoms with Crippen molar-refractivity contribution in [2.75, 3.05) is 38.1 Å². The Bertz CT molecular complexity index is 926. The van der Waals surface area contributed by atoms with Gasteiger partial charge >= 0.3 is 0 Å². The summed E-state index contributed by atoms with van der Waals surface area (Å²) in [6.07, 6.45) is 6.73. The van der Waals surface area contributed by atoms with E-state index in [9.17, 15) is 5.11 Å². The van der Waals surface area contributed by atoms with Crippen molar-refractivity contribution in [3.05, 3.63) is 59.4 Å². The van der Waals surface area contributed by atoms with Crippen molar-refractivity contribution in [1.82, 2.24) is 9.88 Å². The third kappa shape index (κ3) is 3.47. The van der Waals surface area contributed by atoms with E-state index in [-0.39, 0.29) is 5.41 Å². The first-order valence-electron chi connectivity index (χ1n) is 11.7. The molecule has 4 heterocycles. The minimum absolute atomic E-state index is 0.272. The van der Waals surface area contributed by atoms with Crippen molar-refractivity contribution < 1.29 is 9.84 Å². The first kappa shape index (κ1) is 20.9. The Balaban J connectivity index is 1.54. The number of benzene rings is 1. The first-order valence-corrected chi connectivity index (χ1v) is 11.7. The molecule has 5 nitrogen and oxygen atoms in total. The first-order chi connectivity index (χ1) is 14.8. The molecule has 0 radical (unpaired) electrons. The number of fused-ring (bicyclic) bond motifs is 2. The molecule has 5 rings (SSSR count). The second-order valence-electron chi connectivity index (χ2n) is 10.5. The average Bonchev–Trinajstić information content (AvgIpc) is 3.09. The Morgan fingerprint density at radius 1 is 1.06 bits per heavy atom. The fourth-order valence-electron chi connectivity index (χ4n) is 5.97. The number of aromatic nitrogens is 1. The van der Waals surface area contributed by atoms with E-state index in [0.29, 0.717) is 18.1 Å². The lowest BCUT2D eigenvalue weighted by atomic mass is 9.62. The van der Waals surface area contributed by atoms with Crippen molar-refractivity contribution in [3.8, 4) is 0 Å². The summed E-state index contributed by atoms with van der Waals surface area (Å²) in [5, 5.41) is 12.4. The smallest absolute Gasteiger partial charge is 0.124 e. The zero-order valence-corrected chi connectivity index (χ0v) is 19.2. The summed E-state index contributed by atoms with van der Waals surface area (Å²) in [5.74, 6) is 0.467. The van der Waals surface area contributed by atoms with Gasteiger partial charge in [-0.3, -0.25) is 4.98 Å². The molecular weight excluding hydrogens is 386 g/mol. The van der Waals surface area contributed by atoms with E-state index in [1.54, 1.807) is 0 Å². The number of hydrogen-bond acceptors (Lipinski definition) is 5. The molecule has 3 fully saturated rings. The largest absolute Gasteiger partial charge is 0.380 e. The number of rotatable bonds is 5. The van der Waals surface area contributed by atoms with E-state index < -0.39 is 5.60 Å². The quantitative estimate of drug-likeness (QED) is 0.797. The van der Waals surface area contributed by atoms with Crippen LogP contribution in [0.5, 0.6) is 0 Å². The van der Waals surface area contributed by atoms with Gasteiger partial charge in [0, 0.05) is 43.4 Å². The molecule has 0 amide bonds. The highest BCUT2D eigenvalue weighted by Crippen LogP contribution is 2.50. The van der Waals surface area contributed by atoms with Gasteiger partial charge in [0.1, 0.15) is 5.60 Å². The molecule has 2 bridgehead atoms. The van der Waals surface area contributed by atoms with E-state index in [4.69, 9.17) is 4.74 Å². The summed E-state index contributed by atoms with van der Waals surface area (Å²) >= 11 is 0. The highest BCUT2D eigenvalue weighted by atomic mass is 16.5. The van der Waals surface area contributed by atoms with Crippen LogP contribution in [0.3, 0.4) is 0 Å². The lowest BCUT2D eigenvalue weighted by Crippen LogP contribution is -2.63. The molecule has 3 atom stereocenters. The summed E-state index contributed by atoms with van der Waals surface area (Å²) in [6.45, 7) is 10.1. The highest BCUT2D eigenvalue weighted by Gasteiger charge is 2.55. The van der Waals surface area contributed by atoms with E-state index in [0.717, 1.165) is 55.8 Å². The molecule has 3 aliphatic heterocycles. The van der Waals surface area contributed by atoms with Crippen LogP contribution in [0.1, 0.15) is 56.2 Å². The predicted molar refractivity (Wildman–Crippen MR) is 123 cm³/mol. The Morgan fingerprint density at radius 3 is 2.29 bits per heavy atom. The van der Waals surface area contributed by atoms with Gasteiger partial charge in [-0.2, -0.15) is 0 Å². The maximum Gasteiger partial charge on any atom is 0.124 e. The number of ether oxygens (including phenoxy) is 1. The van der Waals surface area contributed by atoms with Gasteiger partial charge < -0.3 is 19.6 Å². The molecule has 31 heavy (non-hydrogen) atoms. The Morgan fingerprint density at radius 2 is 1.71 bits per heavy atom. The molecule has 2 aromatic rings. The highest BCUT2D eigenvalue weighted by molar-refractivity contribution is 5.51. The minimum atomic E-state index is -1.09. The zero-order chi connectivity index (χ0) is 21.8. The van der Waals surface area contributed by atoms with Gasteiger partial charge in [-0.1, -0.05) is 45.0 Å². The summed E-state index contributed by atoms with van der Waals surface area (Å²) in [4.78, 5) is 9.26. The van der Waals surface area contributed by atoms with Crippen LogP contribution in [0.15, 0.2) is 42.7 Å². The normalized spacial score (nSPS) is 27.2. The zero-order valence-electron chi connectivity index (χ0n) is 19.2. The van der Waals surface area contributed by atoms with Gasteiger partial charge in [0.2, 0.25) is 0 Å². The molecule has 0 unspecified atom stereocenters. The average molecular weight is 422 g/mol. The third-order valence-corrected chi connectivity index (χ3v) is 7.66. The molecule has 166 valence electrons. The topological polar surface area (TPSA) is 48.8 Å². The lowest BCUT2D eigenvalue weighted by molar-refractivity contribution is -0.127. The van der Waals surface area contributed by atoms with Crippen molar-refractivity contribution in [2.24, 2.45) is 5.41 Å². The maximum atomic E-state index is 12.4. The molecular formula is C26H35N3O2. The molecule has 1 N–H and O–H groups in total. The van der Waals surface area contributed by atoms with Crippen molar-refractivity contribution in [1.29, 1.82) is 0 Å². The predicted octanol–water partition coefficient (Wildman–Crippen LogP) is 3.76. The van der Waals surface area contributed by atoms with Gasteiger partial charge in [-0.15, -0.1) is 0 Å². The number of hydrogen-bond donors (Lipinski definition) is 1. The molecule has 0 saturated carbocycles. The van der Waals surface area contributed by atoms with Crippen LogP contribution >= 0.6 is 0 Å².